The van der Waals surface area contributed by atoms with E-state index in [4.69, 9.17) is 23.6 Å². The number of anilines is 1. The molecule has 0 saturated carbocycles. The number of fused-ring (bicyclic) bond motifs is 1. The molecule has 0 radical (unpaired) electrons. The fourth-order valence-electron chi connectivity index (χ4n) is 10.2. The average Bonchev–Trinajstić information content (AvgIpc) is 3.64. The van der Waals surface area contributed by atoms with E-state index in [1.54, 1.807) is 7.11 Å². The number of methoxy groups -OCH3 is 2. The number of benzene rings is 4. The van der Waals surface area contributed by atoms with Gasteiger partial charge in [-0.1, -0.05) is 126 Å². The van der Waals surface area contributed by atoms with Gasteiger partial charge in [0.2, 0.25) is 0 Å². The molecule has 2 aromatic heterocycles. The molecule has 2 unspecified atom stereocenters. The van der Waals surface area contributed by atoms with Crippen LogP contribution in [0.3, 0.4) is 0 Å². The zero-order valence-corrected chi connectivity index (χ0v) is 42.0. The van der Waals surface area contributed by atoms with Gasteiger partial charge in [0, 0.05) is 61.7 Å². The number of ether oxygens (including phenoxy) is 3. The minimum Gasteiger partial charge on any atom is -0.467 e. The van der Waals surface area contributed by atoms with Crippen LogP contribution in [0, 0.1) is 11.3 Å². The topological polar surface area (TPSA) is 104 Å². The highest BCUT2D eigenvalue weighted by molar-refractivity contribution is 6.99. The number of amides is 1. The normalized spacial score (nSPS) is 15.5. The predicted octanol–water partition coefficient (Wildman–Crippen LogP) is 10.7. The molecule has 7 rings (SSSR count). The summed E-state index contributed by atoms with van der Waals surface area (Å²) in [4.78, 5) is 33.4. The monoisotopic (exact) mass is 923 g/mol. The van der Waals surface area contributed by atoms with E-state index >= 15 is 0 Å². The van der Waals surface area contributed by atoms with Crippen molar-refractivity contribution in [2.24, 2.45) is 11.3 Å². The Balaban J connectivity index is 1.24. The van der Waals surface area contributed by atoms with Crippen LogP contribution in [0.2, 0.25) is 5.04 Å². The molecule has 354 valence electrons. The molecule has 1 aliphatic rings. The quantitative estimate of drug-likeness (QED) is 0.0672. The number of rotatable bonds is 18. The van der Waals surface area contributed by atoms with Crippen LogP contribution in [0.4, 0.5) is 10.5 Å². The van der Waals surface area contributed by atoms with E-state index in [2.05, 4.69) is 148 Å². The summed E-state index contributed by atoms with van der Waals surface area (Å²) in [6, 6.07) is 41.5. The number of pyridine rings is 1. The highest BCUT2D eigenvalue weighted by Gasteiger charge is 2.51. The van der Waals surface area contributed by atoms with Gasteiger partial charge < -0.3 is 33.4 Å². The first-order valence-electron chi connectivity index (χ1n) is 23.9. The summed E-state index contributed by atoms with van der Waals surface area (Å²) in [7, 11) is 0.275. The second-order valence-corrected chi connectivity index (χ2v) is 24.2. The third kappa shape index (κ3) is 11.0. The summed E-state index contributed by atoms with van der Waals surface area (Å²) in [5, 5.41) is 6.38. The van der Waals surface area contributed by atoms with Crippen molar-refractivity contribution in [2.45, 2.75) is 104 Å². The highest BCUT2D eigenvalue weighted by atomic mass is 28.4. The number of nitrogens with one attached hydrogen (secondary N) is 1. The number of hydrogen-bond donors (Lipinski definition) is 1. The van der Waals surface area contributed by atoms with Gasteiger partial charge in [0.05, 0.1) is 24.6 Å². The number of carbonyl (C=O) groups excluding carboxylic acids is 2. The summed E-state index contributed by atoms with van der Waals surface area (Å²) in [5.74, 6) is -0.350. The Bertz CT molecular complexity index is 2540. The van der Waals surface area contributed by atoms with Crippen molar-refractivity contribution in [2.75, 3.05) is 38.8 Å². The van der Waals surface area contributed by atoms with Crippen molar-refractivity contribution in [3.8, 4) is 11.3 Å². The van der Waals surface area contributed by atoms with Crippen molar-refractivity contribution in [3.05, 3.63) is 144 Å². The van der Waals surface area contributed by atoms with E-state index < -0.39 is 26.4 Å². The zero-order chi connectivity index (χ0) is 47.8. The third-order valence-electron chi connectivity index (χ3n) is 13.5. The first-order chi connectivity index (χ1) is 32.2. The van der Waals surface area contributed by atoms with Gasteiger partial charge in [0.25, 0.3) is 8.32 Å². The molecule has 11 heteroatoms. The number of aromatic nitrogens is 2. The fourth-order valence-corrected chi connectivity index (χ4v) is 14.9. The van der Waals surface area contributed by atoms with E-state index in [1.165, 1.54) is 28.4 Å². The largest absolute Gasteiger partial charge is 0.467 e. The first kappa shape index (κ1) is 49.2. The standard InChI is InChI=1S/C56H70N4O6Si/c1-10-60-50-31-30-43(59-33-21-24-42(37-59)34-49(53(61)64-9)58-54(62)65-38-41-22-14-11-15-23-41)35-47(50)48(52(60)46-29-20-32-57-51(46)40(2)63-8)36-56(6,7)39-66-67(55(3,4)5,44-25-16-12-17-26-44)45-27-18-13-19-28-45/h11-20,22-23,25-32,35,40,42,49H,10,21,24,33-34,36-39H2,1-9H3,(H,58,62)/t40?,42-,49?/m0/s1. The van der Waals surface area contributed by atoms with Crippen molar-refractivity contribution >= 4 is 47.3 Å². The molecule has 1 N–H and O–H groups in total. The van der Waals surface area contributed by atoms with E-state index in [9.17, 15) is 9.59 Å². The summed E-state index contributed by atoms with van der Waals surface area (Å²) < 4.78 is 26.7. The van der Waals surface area contributed by atoms with Gasteiger partial charge in [-0.2, -0.15) is 0 Å². The maximum absolute atomic E-state index is 13.1. The zero-order valence-electron chi connectivity index (χ0n) is 41.0. The number of carbonyl (C=O) groups is 2. The molecule has 0 bridgehead atoms. The van der Waals surface area contributed by atoms with Crippen molar-refractivity contribution in [1.29, 1.82) is 0 Å². The van der Waals surface area contributed by atoms with E-state index in [0.29, 0.717) is 13.0 Å². The van der Waals surface area contributed by atoms with Crippen LogP contribution < -0.4 is 20.6 Å². The third-order valence-corrected chi connectivity index (χ3v) is 18.5. The molecule has 1 fully saturated rings. The van der Waals surface area contributed by atoms with Gasteiger partial charge >= 0.3 is 12.1 Å². The molecule has 3 heterocycles. The maximum Gasteiger partial charge on any atom is 0.408 e. The Morgan fingerprint density at radius 2 is 1.52 bits per heavy atom. The van der Waals surface area contributed by atoms with Crippen LogP contribution in [0.1, 0.15) is 90.7 Å². The number of hydrogen-bond acceptors (Lipinski definition) is 8. The second kappa shape index (κ2) is 21.5. The van der Waals surface area contributed by atoms with Crippen molar-refractivity contribution < 1.29 is 28.2 Å². The molecule has 67 heavy (non-hydrogen) atoms. The molecule has 1 saturated heterocycles. The molecular weight excluding hydrogens is 853 g/mol. The minimum atomic E-state index is -2.82. The van der Waals surface area contributed by atoms with Gasteiger partial charge in [-0.25, -0.2) is 9.59 Å². The predicted molar refractivity (Wildman–Crippen MR) is 272 cm³/mol. The van der Waals surface area contributed by atoms with Crippen LogP contribution in [0.5, 0.6) is 0 Å². The Hall–Kier alpha value is -5.75. The Morgan fingerprint density at radius 1 is 0.866 bits per heavy atom. The number of nitrogens with zero attached hydrogens (tertiary/aromatic N) is 3. The summed E-state index contributed by atoms with van der Waals surface area (Å²) >= 11 is 0. The second-order valence-electron chi connectivity index (χ2n) is 19.9. The van der Waals surface area contributed by atoms with Crippen LogP contribution in [-0.2, 0) is 43.0 Å². The highest BCUT2D eigenvalue weighted by Crippen LogP contribution is 2.43. The molecule has 3 atom stereocenters. The summed E-state index contributed by atoms with van der Waals surface area (Å²) in [6.07, 6.45) is 4.06. The minimum absolute atomic E-state index is 0.113. The molecule has 6 aromatic rings. The fraction of sp³-hybridized carbons (Fsp3) is 0.411. The Morgan fingerprint density at radius 3 is 2.13 bits per heavy atom. The smallest absolute Gasteiger partial charge is 0.408 e. The number of alkyl carbamates (subject to hydrolysis) is 1. The van der Waals surface area contributed by atoms with Crippen LogP contribution in [0.15, 0.2) is 128 Å². The average molecular weight is 923 g/mol. The molecule has 1 aliphatic heterocycles. The molecule has 4 aromatic carbocycles. The van der Waals surface area contributed by atoms with Crippen molar-refractivity contribution in [3.63, 3.8) is 0 Å². The van der Waals surface area contributed by atoms with Crippen LogP contribution in [0.25, 0.3) is 22.2 Å². The molecule has 10 nitrogen and oxygen atoms in total. The number of aryl methyl sites for hydroxylation is 1. The SMILES string of the molecule is CCn1c(-c2cccnc2C(C)OC)c(CC(C)(C)CO[Si](c2ccccc2)(c2ccccc2)C(C)(C)C)c2cc(N3CCC[C@@H](CC(NC(=O)OCc4ccccc4)C(=O)OC)C3)ccc21. The van der Waals surface area contributed by atoms with Gasteiger partial charge in [0.1, 0.15) is 12.6 Å². The van der Waals surface area contributed by atoms with E-state index in [-0.39, 0.29) is 29.1 Å². The van der Waals surface area contributed by atoms with E-state index in [0.717, 1.165) is 72.6 Å². The van der Waals surface area contributed by atoms with Gasteiger partial charge in [0.15, 0.2) is 0 Å². The lowest BCUT2D eigenvalue weighted by Crippen LogP contribution is -2.67. The lowest BCUT2D eigenvalue weighted by atomic mass is 9.84. The Kier molecular flexibility index (Phi) is 15.8. The molecule has 1 amide bonds. The van der Waals surface area contributed by atoms with Gasteiger partial charge in [-0.3, -0.25) is 4.98 Å². The molecule has 0 aliphatic carbocycles. The number of piperidine rings is 1. The van der Waals surface area contributed by atoms with Gasteiger partial charge in [-0.05, 0) is 108 Å². The van der Waals surface area contributed by atoms with Gasteiger partial charge in [-0.15, -0.1) is 0 Å². The van der Waals surface area contributed by atoms with Crippen LogP contribution >= 0.6 is 0 Å². The summed E-state index contributed by atoms with van der Waals surface area (Å²) in [6.45, 7) is 19.0. The lowest BCUT2D eigenvalue weighted by Gasteiger charge is -2.44. The van der Waals surface area contributed by atoms with Crippen molar-refractivity contribution in [1.82, 2.24) is 14.9 Å². The lowest BCUT2D eigenvalue weighted by molar-refractivity contribution is -0.143. The number of esters is 1. The van der Waals surface area contributed by atoms with E-state index in [1.807, 2.05) is 42.6 Å². The maximum atomic E-state index is 13.1. The first-order valence-corrected chi connectivity index (χ1v) is 25.8. The summed E-state index contributed by atoms with van der Waals surface area (Å²) in [5.41, 5.74) is 7.24. The Labute approximate surface area is 399 Å². The van der Waals surface area contributed by atoms with Crippen LogP contribution in [-0.4, -0.2) is 69.9 Å². The molecule has 0 spiro atoms. The molecular formula is C56H70N4O6Si.